The molecule has 0 unspecified atom stereocenters. The predicted octanol–water partition coefficient (Wildman–Crippen LogP) is 4.35. The first-order valence-corrected chi connectivity index (χ1v) is 7.30. The van der Waals surface area contributed by atoms with Gasteiger partial charge in [0.15, 0.2) is 0 Å². The molecule has 3 heteroatoms. The van der Waals surface area contributed by atoms with Crippen molar-refractivity contribution < 1.29 is 0 Å². The largest absolute Gasteiger partial charge is 0.314 e. The fourth-order valence-electron chi connectivity index (χ4n) is 2.11. The Labute approximate surface area is 119 Å². The van der Waals surface area contributed by atoms with Crippen molar-refractivity contribution in [1.29, 1.82) is 0 Å². The van der Waals surface area contributed by atoms with Gasteiger partial charge < -0.3 is 5.01 Å². The second-order valence-corrected chi connectivity index (χ2v) is 5.87. The van der Waals surface area contributed by atoms with Crippen LogP contribution in [-0.2, 0) is 0 Å². The maximum atomic E-state index is 5.93. The molecule has 2 N–H and O–H groups in total. The molecule has 0 aliphatic heterocycles. The lowest BCUT2D eigenvalue weighted by molar-refractivity contribution is 0.860. The zero-order chi connectivity index (χ0) is 13.8. The van der Waals surface area contributed by atoms with Crippen LogP contribution in [0.1, 0.15) is 35.8 Å². The Bertz CT molecular complexity index is 528. The van der Waals surface area contributed by atoms with Crippen LogP contribution in [0.3, 0.4) is 0 Å². The van der Waals surface area contributed by atoms with Crippen LogP contribution in [0, 0.1) is 0 Å². The number of nitrogens with zero attached hydrogens (tertiary/aromatic N) is 1. The van der Waals surface area contributed by atoms with Crippen LogP contribution in [0.5, 0.6) is 0 Å². The monoisotopic (exact) mass is 272 g/mol. The summed E-state index contributed by atoms with van der Waals surface area (Å²) < 4.78 is 0. The van der Waals surface area contributed by atoms with Crippen LogP contribution in [0.15, 0.2) is 35.7 Å². The van der Waals surface area contributed by atoms with Crippen molar-refractivity contribution in [3.63, 3.8) is 0 Å². The number of hydrogen-bond acceptors (Lipinski definition) is 3. The molecule has 19 heavy (non-hydrogen) atoms. The van der Waals surface area contributed by atoms with Gasteiger partial charge in [-0.3, -0.25) is 0 Å². The van der Waals surface area contributed by atoms with E-state index in [0.29, 0.717) is 5.92 Å². The molecular weight excluding hydrogens is 252 g/mol. The number of nitrogens with two attached hydrogens (primary N) is 1. The van der Waals surface area contributed by atoms with Crippen LogP contribution in [0.4, 0.5) is 5.69 Å². The van der Waals surface area contributed by atoms with Crippen molar-refractivity contribution in [2.24, 2.45) is 5.84 Å². The summed E-state index contributed by atoms with van der Waals surface area (Å²) in [4.78, 5) is 1.25. The van der Waals surface area contributed by atoms with Gasteiger partial charge in [0.05, 0.1) is 5.69 Å². The average Bonchev–Trinajstić information content (AvgIpc) is 2.88. The fraction of sp³-hybridized carbons (Fsp3) is 0.250. The number of rotatable bonds is 4. The van der Waals surface area contributed by atoms with Gasteiger partial charge in [0.2, 0.25) is 0 Å². The van der Waals surface area contributed by atoms with E-state index in [1.54, 1.807) is 16.3 Å². The summed E-state index contributed by atoms with van der Waals surface area (Å²) in [5, 5.41) is 3.77. The lowest BCUT2D eigenvalue weighted by Gasteiger charge is -2.19. The van der Waals surface area contributed by atoms with Gasteiger partial charge in [0, 0.05) is 17.5 Å². The summed E-state index contributed by atoms with van der Waals surface area (Å²) in [7, 11) is 1.88. The van der Waals surface area contributed by atoms with Crippen LogP contribution in [0.25, 0.3) is 12.2 Å². The number of benzene rings is 1. The molecule has 0 saturated carbocycles. The van der Waals surface area contributed by atoms with E-state index >= 15 is 0 Å². The van der Waals surface area contributed by atoms with Gasteiger partial charge in [0.1, 0.15) is 0 Å². The molecule has 0 radical (unpaired) electrons. The molecule has 1 aromatic carbocycles. The molecule has 0 spiro atoms. The number of hydrazine groups is 1. The Morgan fingerprint density at radius 1 is 1.16 bits per heavy atom. The van der Waals surface area contributed by atoms with E-state index in [1.807, 2.05) is 7.05 Å². The molecule has 0 amide bonds. The standard InChI is InChI=1S/C16H20N2S/c1-12(2)14-7-4-8-16(18(3)17)15(14)10-9-13-6-5-11-19-13/h4-12H,17H2,1-3H3/b10-9+. The first-order chi connectivity index (χ1) is 9.09. The summed E-state index contributed by atoms with van der Waals surface area (Å²) in [5.41, 5.74) is 3.58. The molecular formula is C16H20N2S. The van der Waals surface area contributed by atoms with Crippen molar-refractivity contribution in [2.45, 2.75) is 19.8 Å². The Kier molecular flexibility index (Phi) is 4.40. The number of anilines is 1. The first kappa shape index (κ1) is 13.8. The van der Waals surface area contributed by atoms with Gasteiger partial charge in [-0.05, 0) is 35.1 Å². The third-order valence-electron chi connectivity index (χ3n) is 3.08. The Morgan fingerprint density at radius 3 is 2.53 bits per heavy atom. The molecule has 0 fully saturated rings. The average molecular weight is 272 g/mol. The van der Waals surface area contributed by atoms with Crippen molar-refractivity contribution in [3.05, 3.63) is 51.7 Å². The second kappa shape index (κ2) is 6.04. The second-order valence-electron chi connectivity index (χ2n) is 4.89. The van der Waals surface area contributed by atoms with Gasteiger partial charge in [-0.2, -0.15) is 0 Å². The normalized spacial score (nSPS) is 11.4. The third kappa shape index (κ3) is 3.25. The van der Waals surface area contributed by atoms with Gasteiger partial charge in [-0.1, -0.05) is 38.1 Å². The number of hydrogen-bond donors (Lipinski definition) is 1. The van der Waals surface area contributed by atoms with E-state index < -0.39 is 0 Å². The minimum atomic E-state index is 0.475. The molecule has 2 rings (SSSR count). The first-order valence-electron chi connectivity index (χ1n) is 6.42. The highest BCUT2D eigenvalue weighted by molar-refractivity contribution is 7.10. The van der Waals surface area contributed by atoms with E-state index in [1.165, 1.54) is 16.0 Å². The lowest BCUT2D eigenvalue weighted by atomic mass is 9.95. The van der Waals surface area contributed by atoms with E-state index in [4.69, 9.17) is 5.84 Å². The predicted molar refractivity (Wildman–Crippen MR) is 86.4 cm³/mol. The van der Waals surface area contributed by atoms with Gasteiger partial charge in [-0.15, -0.1) is 11.3 Å². The number of thiophene rings is 1. The van der Waals surface area contributed by atoms with E-state index in [2.05, 4.69) is 61.7 Å². The minimum Gasteiger partial charge on any atom is -0.314 e. The van der Waals surface area contributed by atoms with Gasteiger partial charge >= 0.3 is 0 Å². The summed E-state index contributed by atoms with van der Waals surface area (Å²) in [5.74, 6) is 6.41. The zero-order valence-corrected chi connectivity index (χ0v) is 12.4. The molecule has 0 saturated heterocycles. The molecule has 0 aliphatic carbocycles. The highest BCUT2D eigenvalue weighted by Crippen LogP contribution is 2.29. The quantitative estimate of drug-likeness (QED) is 0.662. The van der Waals surface area contributed by atoms with Gasteiger partial charge in [0.25, 0.3) is 0 Å². The van der Waals surface area contributed by atoms with Crippen LogP contribution in [0.2, 0.25) is 0 Å². The van der Waals surface area contributed by atoms with Crippen molar-refractivity contribution in [3.8, 4) is 0 Å². The van der Waals surface area contributed by atoms with Crippen molar-refractivity contribution in [1.82, 2.24) is 0 Å². The minimum absolute atomic E-state index is 0.475. The van der Waals surface area contributed by atoms with Crippen molar-refractivity contribution >= 4 is 29.2 Å². The smallest absolute Gasteiger partial charge is 0.0589 e. The molecule has 0 atom stereocenters. The summed E-state index contributed by atoms with van der Waals surface area (Å²) in [6, 6.07) is 10.5. The summed E-state index contributed by atoms with van der Waals surface area (Å²) in [6.07, 6.45) is 4.32. The maximum Gasteiger partial charge on any atom is 0.0589 e. The molecule has 0 bridgehead atoms. The Morgan fingerprint density at radius 2 is 1.95 bits per heavy atom. The third-order valence-corrected chi connectivity index (χ3v) is 3.91. The fourth-order valence-corrected chi connectivity index (χ4v) is 2.73. The molecule has 2 aromatic rings. The molecule has 1 heterocycles. The van der Waals surface area contributed by atoms with E-state index in [9.17, 15) is 0 Å². The molecule has 100 valence electrons. The van der Waals surface area contributed by atoms with Gasteiger partial charge in [-0.25, -0.2) is 5.84 Å². The molecule has 2 nitrogen and oxygen atoms in total. The SMILES string of the molecule is CC(C)c1cccc(N(C)N)c1/C=C/c1cccs1. The lowest BCUT2D eigenvalue weighted by Crippen LogP contribution is -2.26. The highest BCUT2D eigenvalue weighted by Gasteiger charge is 2.10. The van der Waals surface area contributed by atoms with Crippen LogP contribution < -0.4 is 10.9 Å². The highest BCUT2D eigenvalue weighted by atomic mass is 32.1. The van der Waals surface area contributed by atoms with E-state index in [-0.39, 0.29) is 0 Å². The van der Waals surface area contributed by atoms with Crippen LogP contribution in [-0.4, -0.2) is 7.05 Å². The summed E-state index contributed by atoms with van der Waals surface area (Å²) in [6.45, 7) is 4.41. The Hall–Kier alpha value is -1.58. The Balaban J connectivity index is 2.46. The van der Waals surface area contributed by atoms with Crippen LogP contribution >= 0.6 is 11.3 Å². The summed E-state index contributed by atoms with van der Waals surface area (Å²) >= 11 is 1.74. The molecule has 0 aliphatic rings. The van der Waals surface area contributed by atoms with Crippen molar-refractivity contribution in [2.75, 3.05) is 12.1 Å². The molecule has 1 aromatic heterocycles. The zero-order valence-electron chi connectivity index (χ0n) is 11.6. The van der Waals surface area contributed by atoms with E-state index in [0.717, 1.165) is 5.69 Å². The maximum absolute atomic E-state index is 5.93. The topological polar surface area (TPSA) is 29.3 Å².